The fourth-order valence-electron chi connectivity index (χ4n) is 0.232. The maximum atomic E-state index is 9.85. The van der Waals surface area contributed by atoms with Crippen LogP contribution in [0.1, 0.15) is 6.92 Å². The topological polar surface area (TPSA) is 63.1 Å². The summed E-state index contributed by atoms with van der Waals surface area (Å²) in [5.41, 5.74) is 0. The smallest absolute Gasteiger partial charge is 0.416 e. The number of hydrogen-bond acceptors (Lipinski definition) is 3. The molecule has 0 aromatic carbocycles. The highest BCUT2D eigenvalue weighted by Crippen LogP contribution is 1.67. The third kappa shape index (κ3) is 6.97. The van der Waals surface area contributed by atoms with E-state index in [1.807, 2.05) is 0 Å². The highest BCUT2D eigenvalue weighted by molar-refractivity contribution is 6.62. The lowest BCUT2D eigenvalue weighted by Crippen LogP contribution is -1.91. The van der Waals surface area contributed by atoms with Crippen molar-refractivity contribution in [2.24, 2.45) is 0 Å². The number of carbonyl (C=O) groups excluding carboxylic acids is 1. The first-order valence-electron chi connectivity index (χ1n) is 2.41. The molecule has 0 aliphatic rings. The molecule has 0 radical (unpaired) electrons. The number of oxazole rings is 1. The van der Waals surface area contributed by atoms with E-state index in [9.17, 15) is 9.59 Å². The van der Waals surface area contributed by atoms with Crippen molar-refractivity contribution >= 4 is 16.8 Å². The van der Waals surface area contributed by atoms with E-state index >= 15 is 0 Å². The van der Waals surface area contributed by atoms with Crippen LogP contribution >= 0.6 is 11.6 Å². The second-order valence-electron chi connectivity index (χ2n) is 1.32. The molecular formula is C5H6ClNO3. The van der Waals surface area contributed by atoms with Gasteiger partial charge in [-0.1, -0.05) is 0 Å². The van der Waals surface area contributed by atoms with Crippen LogP contribution in [-0.2, 0) is 4.79 Å². The first kappa shape index (κ1) is 8.97. The molecule has 5 heteroatoms. The molecule has 0 saturated heterocycles. The molecule has 1 rings (SSSR count). The Kier molecular flexibility index (Phi) is 4.32. The molecule has 0 atom stereocenters. The van der Waals surface area contributed by atoms with E-state index in [4.69, 9.17) is 0 Å². The summed E-state index contributed by atoms with van der Waals surface area (Å²) < 4.78 is 4.22. The molecular weight excluding hydrogens is 158 g/mol. The van der Waals surface area contributed by atoms with Crippen LogP contribution in [0.4, 0.5) is 0 Å². The molecule has 1 N–H and O–H groups in total. The molecule has 0 amide bonds. The van der Waals surface area contributed by atoms with E-state index < -0.39 is 5.76 Å². The van der Waals surface area contributed by atoms with Crippen molar-refractivity contribution in [1.82, 2.24) is 4.98 Å². The van der Waals surface area contributed by atoms with Crippen molar-refractivity contribution in [2.45, 2.75) is 6.92 Å². The van der Waals surface area contributed by atoms with Crippen LogP contribution in [0.2, 0.25) is 0 Å². The number of carbonyl (C=O) groups is 1. The molecule has 0 unspecified atom stereocenters. The van der Waals surface area contributed by atoms with Crippen molar-refractivity contribution in [3.63, 3.8) is 0 Å². The van der Waals surface area contributed by atoms with Crippen molar-refractivity contribution < 1.29 is 9.21 Å². The van der Waals surface area contributed by atoms with E-state index in [-0.39, 0.29) is 5.24 Å². The molecule has 0 spiro atoms. The van der Waals surface area contributed by atoms with Crippen molar-refractivity contribution in [1.29, 1.82) is 0 Å². The van der Waals surface area contributed by atoms with Gasteiger partial charge < -0.3 is 4.42 Å². The number of hydrogen-bond donors (Lipinski definition) is 1. The maximum absolute atomic E-state index is 9.85. The zero-order valence-corrected chi connectivity index (χ0v) is 6.01. The number of nitrogens with one attached hydrogen (secondary N) is 1. The molecule has 1 heterocycles. The van der Waals surface area contributed by atoms with Gasteiger partial charge in [0.2, 0.25) is 5.24 Å². The summed E-state index contributed by atoms with van der Waals surface area (Å²) in [5.74, 6) is -0.407. The number of aromatic nitrogens is 1. The summed E-state index contributed by atoms with van der Waals surface area (Å²) >= 11 is 4.64. The minimum Gasteiger partial charge on any atom is -0.417 e. The third-order valence-corrected chi connectivity index (χ3v) is 0.444. The predicted octanol–water partition coefficient (Wildman–Crippen LogP) is 0.740. The normalized spacial score (nSPS) is 7.80. The first-order chi connectivity index (χ1) is 4.63. The van der Waals surface area contributed by atoms with Crippen LogP contribution in [0.25, 0.3) is 0 Å². The van der Waals surface area contributed by atoms with Gasteiger partial charge in [0, 0.05) is 13.1 Å². The van der Waals surface area contributed by atoms with E-state index in [1.54, 1.807) is 0 Å². The highest BCUT2D eigenvalue weighted by Gasteiger charge is 1.72. The fourth-order valence-corrected chi connectivity index (χ4v) is 0.232. The number of halogens is 1. The van der Waals surface area contributed by atoms with E-state index in [2.05, 4.69) is 21.0 Å². The predicted molar refractivity (Wildman–Crippen MR) is 35.9 cm³/mol. The van der Waals surface area contributed by atoms with Crippen LogP contribution in [0.3, 0.4) is 0 Å². The van der Waals surface area contributed by atoms with Gasteiger partial charge in [-0.3, -0.25) is 9.78 Å². The zero-order chi connectivity index (χ0) is 7.98. The third-order valence-electron chi connectivity index (χ3n) is 0.444. The van der Waals surface area contributed by atoms with Gasteiger partial charge in [0.25, 0.3) is 0 Å². The minimum atomic E-state index is -0.407. The standard InChI is InChI=1S/C3H3NO2.C2H3ClO/c5-3-4-1-2-6-3;1-2(3)4/h1-2H,(H,4,5);1H3. The molecule has 1 aromatic heterocycles. The second-order valence-corrected chi connectivity index (χ2v) is 1.85. The molecule has 0 bridgehead atoms. The Hall–Kier alpha value is -1.03. The van der Waals surface area contributed by atoms with Gasteiger partial charge in [-0.15, -0.1) is 0 Å². The molecule has 0 saturated carbocycles. The Balaban J connectivity index is 0.000000180. The van der Waals surface area contributed by atoms with Gasteiger partial charge >= 0.3 is 5.76 Å². The summed E-state index contributed by atoms with van der Waals surface area (Å²) in [7, 11) is 0. The average Bonchev–Trinajstić information content (AvgIpc) is 2.15. The summed E-state index contributed by atoms with van der Waals surface area (Å²) in [4.78, 5) is 21.3. The Morgan fingerprint density at radius 1 is 1.80 bits per heavy atom. The molecule has 10 heavy (non-hydrogen) atoms. The van der Waals surface area contributed by atoms with Crippen LogP contribution in [0, 0.1) is 0 Å². The van der Waals surface area contributed by atoms with Crippen LogP contribution in [-0.4, -0.2) is 10.2 Å². The first-order valence-corrected chi connectivity index (χ1v) is 2.79. The Labute approximate surface area is 61.8 Å². The summed E-state index contributed by atoms with van der Waals surface area (Å²) in [6.07, 6.45) is 2.73. The number of H-pyrrole nitrogens is 1. The minimum absolute atomic E-state index is 0.361. The quantitative estimate of drug-likeness (QED) is 0.574. The van der Waals surface area contributed by atoms with Gasteiger partial charge in [0.15, 0.2) is 0 Å². The van der Waals surface area contributed by atoms with Gasteiger partial charge in [0.1, 0.15) is 6.26 Å². The molecule has 56 valence electrons. The van der Waals surface area contributed by atoms with Gasteiger partial charge in [-0.2, -0.15) is 0 Å². The molecule has 0 fully saturated rings. The Morgan fingerprint density at radius 3 is 2.40 bits per heavy atom. The molecule has 0 aliphatic carbocycles. The zero-order valence-electron chi connectivity index (χ0n) is 5.26. The molecule has 1 aromatic rings. The number of aromatic amines is 1. The Morgan fingerprint density at radius 2 is 2.30 bits per heavy atom. The van der Waals surface area contributed by atoms with Gasteiger partial charge in [-0.05, 0) is 11.6 Å². The lowest BCUT2D eigenvalue weighted by molar-refractivity contribution is -0.109. The SMILES string of the molecule is CC(=O)Cl.O=c1[nH]cco1. The molecule has 0 aliphatic heterocycles. The highest BCUT2D eigenvalue weighted by atomic mass is 35.5. The van der Waals surface area contributed by atoms with Crippen LogP contribution < -0.4 is 5.76 Å². The van der Waals surface area contributed by atoms with Gasteiger partial charge in [0.05, 0.1) is 0 Å². The maximum Gasteiger partial charge on any atom is 0.416 e. The van der Waals surface area contributed by atoms with E-state index in [0.29, 0.717) is 0 Å². The van der Waals surface area contributed by atoms with E-state index in [1.165, 1.54) is 19.4 Å². The second kappa shape index (κ2) is 4.81. The fraction of sp³-hybridized carbons (Fsp3) is 0.200. The van der Waals surface area contributed by atoms with Crippen LogP contribution in [0.5, 0.6) is 0 Å². The monoisotopic (exact) mass is 163 g/mol. The van der Waals surface area contributed by atoms with Crippen molar-refractivity contribution in [3.8, 4) is 0 Å². The lowest BCUT2D eigenvalue weighted by atomic mass is 10.9. The van der Waals surface area contributed by atoms with E-state index in [0.717, 1.165) is 0 Å². The lowest BCUT2D eigenvalue weighted by Gasteiger charge is -1.52. The average molecular weight is 164 g/mol. The van der Waals surface area contributed by atoms with Crippen molar-refractivity contribution in [2.75, 3.05) is 0 Å². The summed E-state index contributed by atoms with van der Waals surface area (Å²) in [6.45, 7) is 1.29. The summed E-state index contributed by atoms with van der Waals surface area (Å²) in [6, 6.07) is 0. The van der Waals surface area contributed by atoms with Crippen LogP contribution in [0.15, 0.2) is 21.7 Å². The Bertz CT molecular complexity index is 218. The van der Waals surface area contributed by atoms with Gasteiger partial charge in [-0.25, -0.2) is 4.79 Å². The van der Waals surface area contributed by atoms with Crippen molar-refractivity contribution in [3.05, 3.63) is 23.0 Å². The molecule has 4 nitrogen and oxygen atoms in total. The largest absolute Gasteiger partial charge is 0.417 e. The number of rotatable bonds is 0. The summed E-state index contributed by atoms with van der Waals surface area (Å²) in [5, 5.41) is -0.361.